The van der Waals surface area contributed by atoms with E-state index in [4.69, 9.17) is 20.2 Å². The van der Waals surface area contributed by atoms with Crippen molar-refractivity contribution in [2.45, 2.75) is 19.1 Å². The van der Waals surface area contributed by atoms with E-state index >= 15 is 0 Å². The number of nitrogens with two attached hydrogens (primary N) is 1. The lowest BCUT2D eigenvalue weighted by Crippen LogP contribution is -2.46. The van der Waals surface area contributed by atoms with Crippen molar-refractivity contribution in [1.29, 1.82) is 0 Å². The highest BCUT2D eigenvalue weighted by molar-refractivity contribution is 5.98. The fraction of sp³-hybridized carbons (Fsp3) is 0.357. The van der Waals surface area contributed by atoms with E-state index in [1.54, 1.807) is 12.4 Å². The molecule has 2 fully saturated rings. The van der Waals surface area contributed by atoms with Crippen molar-refractivity contribution in [3.05, 3.63) is 54.9 Å². The Morgan fingerprint density at radius 2 is 1.97 bits per heavy atom. The number of nitrogens with zero attached hydrogens (tertiary/aromatic N) is 5. The third kappa shape index (κ3) is 5.70. The summed E-state index contributed by atoms with van der Waals surface area (Å²) in [6, 6.07) is 13.6. The van der Waals surface area contributed by atoms with Gasteiger partial charge in [0.15, 0.2) is 0 Å². The number of para-hydroxylation sites is 1. The minimum atomic E-state index is -0.110. The summed E-state index contributed by atoms with van der Waals surface area (Å²) in [5.41, 5.74) is 9.44. The first kappa shape index (κ1) is 25.2. The van der Waals surface area contributed by atoms with Gasteiger partial charge in [0.1, 0.15) is 29.6 Å². The molecule has 0 spiro atoms. The molecule has 0 radical (unpaired) electrons. The van der Waals surface area contributed by atoms with E-state index in [1.807, 2.05) is 49.4 Å². The molecule has 5 heterocycles. The predicted octanol–water partition coefficient (Wildman–Crippen LogP) is 2.58. The molecule has 2 unspecified atom stereocenters. The van der Waals surface area contributed by atoms with E-state index in [9.17, 15) is 0 Å². The summed E-state index contributed by atoms with van der Waals surface area (Å²) < 4.78 is 12.1. The molecular formula is C28H33N9O2. The number of piperazine rings is 1. The third-order valence-electron chi connectivity index (χ3n) is 7.01. The summed E-state index contributed by atoms with van der Waals surface area (Å²) in [6.45, 7) is 8.14. The van der Waals surface area contributed by atoms with Crippen molar-refractivity contribution in [2.75, 3.05) is 61.8 Å². The fourth-order valence-corrected chi connectivity index (χ4v) is 4.92. The molecule has 1 aromatic carbocycles. The first-order valence-corrected chi connectivity index (χ1v) is 13.3. The Kier molecular flexibility index (Phi) is 7.35. The van der Waals surface area contributed by atoms with Crippen molar-refractivity contribution in [1.82, 2.24) is 30.6 Å². The van der Waals surface area contributed by atoms with Gasteiger partial charge in [-0.05, 0) is 31.2 Å². The normalized spacial score (nSPS) is 18.6. The van der Waals surface area contributed by atoms with Crippen molar-refractivity contribution >= 4 is 34.2 Å². The molecule has 3 aromatic heterocycles. The quantitative estimate of drug-likeness (QED) is 0.282. The third-order valence-corrected chi connectivity index (χ3v) is 7.01. The minimum absolute atomic E-state index is 0.00508. The van der Waals surface area contributed by atoms with Gasteiger partial charge in [-0.25, -0.2) is 9.97 Å². The van der Waals surface area contributed by atoms with E-state index < -0.39 is 0 Å². The highest BCUT2D eigenvalue weighted by Crippen LogP contribution is 2.32. The monoisotopic (exact) mass is 527 g/mol. The Hall–Kier alpha value is -4.06. The second-order valence-electron chi connectivity index (χ2n) is 9.71. The van der Waals surface area contributed by atoms with Gasteiger partial charge in [-0.15, -0.1) is 0 Å². The highest BCUT2D eigenvalue weighted by Gasteiger charge is 2.22. The summed E-state index contributed by atoms with van der Waals surface area (Å²) in [7, 11) is 0. The van der Waals surface area contributed by atoms with E-state index in [0.717, 1.165) is 73.2 Å². The van der Waals surface area contributed by atoms with Crippen LogP contribution in [0.3, 0.4) is 0 Å². The average Bonchev–Trinajstić information content (AvgIpc) is 2.98. The standard InChI is InChI=1S/C28H33N9O2/c1-18(24-17-31-11-14-38-24)39-20-7-8-32-23(15-20)21-3-2-4-22-26(21)35-28(36-27(22)29)34-19-5-6-25(33-16-19)37-12-9-30-10-13-37/h2-8,15-16,18,24,30-31H,9-14,17H2,1H3,(H3,29,34,35,36). The molecule has 5 N–H and O–H groups in total. The van der Waals surface area contributed by atoms with Crippen LogP contribution < -0.4 is 31.3 Å². The lowest BCUT2D eigenvalue weighted by molar-refractivity contribution is -0.0350. The number of rotatable bonds is 7. The van der Waals surface area contributed by atoms with Crippen LogP contribution in [0.4, 0.5) is 23.3 Å². The number of morpholine rings is 1. The Morgan fingerprint density at radius 3 is 2.77 bits per heavy atom. The maximum atomic E-state index is 6.37. The van der Waals surface area contributed by atoms with Crippen molar-refractivity contribution < 1.29 is 9.47 Å². The van der Waals surface area contributed by atoms with Gasteiger partial charge in [-0.1, -0.05) is 12.1 Å². The van der Waals surface area contributed by atoms with Crippen molar-refractivity contribution in [3.63, 3.8) is 0 Å². The molecule has 39 heavy (non-hydrogen) atoms. The first-order chi connectivity index (χ1) is 19.1. The van der Waals surface area contributed by atoms with Gasteiger partial charge in [0.2, 0.25) is 5.95 Å². The maximum absolute atomic E-state index is 6.37. The average molecular weight is 528 g/mol. The number of pyridine rings is 2. The number of ether oxygens (including phenoxy) is 2. The Morgan fingerprint density at radius 1 is 1.08 bits per heavy atom. The van der Waals surface area contributed by atoms with Gasteiger partial charge in [-0.2, -0.15) is 4.98 Å². The second-order valence-corrected chi connectivity index (χ2v) is 9.71. The molecular weight excluding hydrogens is 494 g/mol. The molecule has 0 bridgehead atoms. The molecule has 2 saturated heterocycles. The molecule has 0 saturated carbocycles. The molecule has 6 rings (SSSR count). The van der Waals surface area contributed by atoms with Gasteiger partial charge >= 0.3 is 0 Å². The smallest absolute Gasteiger partial charge is 0.229 e. The molecule has 2 atom stereocenters. The topological polar surface area (TPSA) is 135 Å². The van der Waals surface area contributed by atoms with Gasteiger partial charge in [0.25, 0.3) is 0 Å². The van der Waals surface area contributed by atoms with Crippen molar-refractivity contribution in [2.24, 2.45) is 0 Å². The lowest BCUT2D eigenvalue weighted by Gasteiger charge is -2.29. The van der Waals surface area contributed by atoms with E-state index in [1.165, 1.54) is 0 Å². The fourth-order valence-electron chi connectivity index (χ4n) is 4.92. The molecule has 11 nitrogen and oxygen atoms in total. The number of nitrogens with one attached hydrogen (secondary N) is 3. The van der Waals surface area contributed by atoms with Gasteiger partial charge in [0.05, 0.1) is 29.7 Å². The predicted molar refractivity (Wildman–Crippen MR) is 152 cm³/mol. The zero-order chi connectivity index (χ0) is 26.6. The van der Waals surface area contributed by atoms with Crippen LogP contribution in [0.1, 0.15) is 6.92 Å². The Labute approximate surface area is 227 Å². The number of nitrogen functional groups attached to an aromatic ring is 1. The molecule has 4 aromatic rings. The summed E-state index contributed by atoms with van der Waals surface area (Å²) >= 11 is 0. The first-order valence-electron chi connectivity index (χ1n) is 13.3. The van der Waals surface area contributed by atoms with Gasteiger partial charge in [0, 0.05) is 62.5 Å². The van der Waals surface area contributed by atoms with E-state index in [0.29, 0.717) is 23.9 Å². The van der Waals surface area contributed by atoms with Crippen LogP contribution in [0.25, 0.3) is 22.2 Å². The SMILES string of the molecule is CC(Oc1ccnc(-c2cccc3c(N)nc(Nc4ccc(N5CCNCC5)nc4)nc23)c1)C1CNCCO1. The summed E-state index contributed by atoms with van der Waals surface area (Å²) in [6.07, 6.45) is 3.42. The molecule has 2 aliphatic heterocycles. The number of fused-ring (bicyclic) bond motifs is 1. The Bertz CT molecular complexity index is 1420. The summed E-state index contributed by atoms with van der Waals surface area (Å²) in [5, 5.41) is 10.7. The molecule has 0 aliphatic carbocycles. The van der Waals surface area contributed by atoms with Crippen LogP contribution in [-0.4, -0.2) is 78.0 Å². The summed E-state index contributed by atoms with van der Waals surface area (Å²) in [4.78, 5) is 20.8. The lowest BCUT2D eigenvalue weighted by atomic mass is 10.1. The zero-order valence-electron chi connectivity index (χ0n) is 21.9. The van der Waals surface area contributed by atoms with Crippen LogP contribution in [0.5, 0.6) is 5.75 Å². The Balaban J connectivity index is 1.25. The number of aromatic nitrogens is 4. The number of anilines is 4. The van der Waals surface area contributed by atoms with Gasteiger partial charge in [-0.3, -0.25) is 4.98 Å². The number of benzene rings is 1. The van der Waals surface area contributed by atoms with E-state index in [2.05, 4.69) is 35.8 Å². The number of hydrogen-bond donors (Lipinski definition) is 4. The van der Waals surface area contributed by atoms with Crippen LogP contribution in [0, 0.1) is 0 Å². The molecule has 0 amide bonds. The van der Waals surface area contributed by atoms with E-state index in [-0.39, 0.29) is 12.2 Å². The second kappa shape index (κ2) is 11.4. The molecule has 11 heteroatoms. The minimum Gasteiger partial charge on any atom is -0.488 e. The highest BCUT2D eigenvalue weighted by atomic mass is 16.5. The largest absolute Gasteiger partial charge is 0.488 e. The molecule has 202 valence electrons. The van der Waals surface area contributed by atoms with Crippen molar-refractivity contribution in [3.8, 4) is 17.0 Å². The van der Waals surface area contributed by atoms with Crippen LogP contribution in [0.2, 0.25) is 0 Å². The zero-order valence-corrected chi connectivity index (χ0v) is 21.9. The van der Waals surface area contributed by atoms with Crippen LogP contribution >= 0.6 is 0 Å². The van der Waals surface area contributed by atoms with Crippen LogP contribution in [-0.2, 0) is 4.74 Å². The summed E-state index contributed by atoms with van der Waals surface area (Å²) in [5.74, 6) is 2.46. The van der Waals surface area contributed by atoms with Crippen LogP contribution in [0.15, 0.2) is 54.9 Å². The maximum Gasteiger partial charge on any atom is 0.229 e. The number of hydrogen-bond acceptors (Lipinski definition) is 11. The van der Waals surface area contributed by atoms with Gasteiger partial charge < -0.3 is 36.1 Å². The molecule has 2 aliphatic rings.